The third-order valence-corrected chi connectivity index (χ3v) is 4.12. The predicted molar refractivity (Wildman–Crippen MR) is 68.4 cm³/mol. The van der Waals surface area contributed by atoms with Gasteiger partial charge in [0.15, 0.2) is 0 Å². The second-order valence-corrected chi connectivity index (χ2v) is 5.17. The molecule has 0 bridgehead atoms. The Morgan fingerprint density at radius 1 is 1.56 bits per heavy atom. The molecule has 0 spiro atoms. The molecule has 1 N–H and O–H groups in total. The fourth-order valence-corrected chi connectivity index (χ4v) is 3.12. The van der Waals surface area contributed by atoms with Crippen molar-refractivity contribution in [2.75, 3.05) is 7.05 Å². The number of Topliss-reactive ketones (excluding diaryl/α,β-unsaturated/α-hetero) is 1. The molecule has 1 fully saturated rings. The van der Waals surface area contributed by atoms with E-state index >= 15 is 0 Å². The van der Waals surface area contributed by atoms with Crippen LogP contribution in [0.2, 0.25) is 0 Å². The Morgan fingerprint density at radius 3 is 2.67 bits per heavy atom. The molecule has 0 aliphatic heterocycles. The van der Waals surface area contributed by atoms with Gasteiger partial charge in [-0.3, -0.25) is 4.79 Å². The molecule has 5 heteroatoms. The van der Waals surface area contributed by atoms with Gasteiger partial charge in [0.1, 0.15) is 0 Å². The van der Waals surface area contributed by atoms with Crippen LogP contribution in [0.15, 0.2) is 17.2 Å². The first-order valence-corrected chi connectivity index (χ1v) is 6.76. The minimum absolute atomic E-state index is 0.0536. The van der Waals surface area contributed by atoms with E-state index in [0.29, 0.717) is 11.3 Å². The molecule has 1 heterocycles. The van der Waals surface area contributed by atoms with E-state index in [9.17, 15) is 13.6 Å². The van der Waals surface area contributed by atoms with Crippen LogP contribution in [0.1, 0.15) is 52.9 Å². The highest BCUT2D eigenvalue weighted by molar-refractivity contribution is 7.12. The topological polar surface area (TPSA) is 29.1 Å². The Kier molecular flexibility index (Phi) is 3.80. The molecule has 1 aliphatic carbocycles. The van der Waals surface area contributed by atoms with Crippen molar-refractivity contribution in [1.82, 2.24) is 5.32 Å². The Balaban J connectivity index is 2.41. The molecule has 0 unspecified atom stereocenters. The fourth-order valence-electron chi connectivity index (χ4n) is 2.00. The molecule has 0 amide bonds. The zero-order valence-corrected chi connectivity index (χ0v) is 11.1. The van der Waals surface area contributed by atoms with E-state index in [1.54, 1.807) is 25.4 Å². The summed E-state index contributed by atoms with van der Waals surface area (Å²) in [5.41, 5.74) is 0.980. The first kappa shape index (κ1) is 13.2. The highest BCUT2D eigenvalue weighted by Gasteiger charge is 2.33. The third-order valence-electron chi connectivity index (χ3n) is 3.10. The van der Waals surface area contributed by atoms with Gasteiger partial charge < -0.3 is 5.32 Å². The SMILES string of the molecule is C/C=C(\NC)C(=O)c1scc(C2CC2)c1C(F)F. The average Bonchev–Trinajstić information content (AvgIpc) is 3.08. The van der Waals surface area contributed by atoms with E-state index in [4.69, 9.17) is 0 Å². The number of thiophene rings is 1. The summed E-state index contributed by atoms with van der Waals surface area (Å²) in [6.45, 7) is 1.71. The average molecular weight is 271 g/mol. The zero-order valence-electron chi connectivity index (χ0n) is 10.3. The van der Waals surface area contributed by atoms with Crippen molar-refractivity contribution >= 4 is 17.1 Å². The summed E-state index contributed by atoms with van der Waals surface area (Å²) in [6.07, 6.45) is 0.925. The van der Waals surface area contributed by atoms with Crippen molar-refractivity contribution in [1.29, 1.82) is 0 Å². The molecule has 0 atom stereocenters. The van der Waals surface area contributed by atoms with Gasteiger partial charge in [0.05, 0.1) is 10.6 Å². The maximum Gasteiger partial charge on any atom is 0.265 e. The molecule has 2 nitrogen and oxygen atoms in total. The maximum absolute atomic E-state index is 13.2. The van der Waals surface area contributed by atoms with Crippen molar-refractivity contribution < 1.29 is 13.6 Å². The van der Waals surface area contributed by atoms with Crippen LogP contribution in [-0.4, -0.2) is 12.8 Å². The summed E-state index contributed by atoms with van der Waals surface area (Å²) in [5.74, 6) is -0.109. The summed E-state index contributed by atoms with van der Waals surface area (Å²) in [5, 5.41) is 4.46. The lowest BCUT2D eigenvalue weighted by Gasteiger charge is -2.07. The van der Waals surface area contributed by atoms with Gasteiger partial charge in [0.2, 0.25) is 5.78 Å². The molecule has 1 aromatic rings. The molecule has 1 saturated carbocycles. The largest absolute Gasteiger partial charge is 0.385 e. The molecular weight excluding hydrogens is 256 g/mol. The Bertz CT molecular complexity index is 489. The summed E-state index contributed by atoms with van der Waals surface area (Å²) >= 11 is 1.13. The highest BCUT2D eigenvalue weighted by atomic mass is 32.1. The van der Waals surface area contributed by atoms with Gasteiger partial charge in [-0.2, -0.15) is 0 Å². The first-order chi connectivity index (χ1) is 8.60. The van der Waals surface area contributed by atoms with Gasteiger partial charge in [0, 0.05) is 12.6 Å². The number of carbonyl (C=O) groups excluding carboxylic acids is 1. The quantitative estimate of drug-likeness (QED) is 0.650. The van der Waals surface area contributed by atoms with Gasteiger partial charge in [-0.15, -0.1) is 11.3 Å². The molecule has 18 heavy (non-hydrogen) atoms. The van der Waals surface area contributed by atoms with Gasteiger partial charge >= 0.3 is 0 Å². The maximum atomic E-state index is 13.2. The number of carbonyl (C=O) groups is 1. The number of rotatable bonds is 5. The molecular formula is C13H15F2NOS. The molecule has 0 aromatic carbocycles. The van der Waals surface area contributed by atoms with E-state index in [0.717, 1.165) is 24.2 Å². The lowest BCUT2D eigenvalue weighted by atomic mass is 10.0. The minimum Gasteiger partial charge on any atom is -0.385 e. The van der Waals surface area contributed by atoms with Crippen molar-refractivity contribution in [3.63, 3.8) is 0 Å². The Morgan fingerprint density at radius 2 is 2.22 bits per heavy atom. The number of allylic oxidation sites excluding steroid dienone is 2. The first-order valence-electron chi connectivity index (χ1n) is 5.88. The number of alkyl halides is 2. The number of hydrogen-bond acceptors (Lipinski definition) is 3. The van der Waals surface area contributed by atoms with Crippen LogP contribution in [-0.2, 0) is 0 Å². The van der Waals surface area contributed by atoms with E-state index in [-0.39, 0.29) is 22.1 Å². The lowest BCUT2D eigenvalue weighted by Crippen LogP contribution is -2.16. The Labute approximate surface area is 109 Å². The summed E-state index contributed by atoms with van der Waals surface area (Å²) in [7, 11) is 1.62. The summed E-state index contributed by atoms with van der Waals surface area (Å²) in [6, 6.07) is 0. The van der Waals surface area contributed by atoms with Gasteiger partial charge in [-0.05, 0) is 36.6 Å². The standard InChI is InChI=1S/C13H15F2NOS/c1-3-9(16-2)11(17)12-10(13(14)15)8(6-18-12)7-4-5-7/h3,6-7,13,16H,4-5H2,1-2H3/b9-3-. The monoisotopic (exact) mass is 271 g/mol. The number of nitrogens with one attached hydrogen (secondary N) is 1. The van der Waals surface area contributed by atoms with Crippen LogP contribution < -0.4 is 5.32 Å². The van der Waals surface area contributed by atoms with Crippen molar-refractivity contribution in [3.05, 3.63) is 33.2 Å². The van der Waals surface area contributed by atoms with E-state index in [2.05, 4.69) is 5.32 Å². The van der Waals surface area contributed by atoms with Crippen molar-refractivity contribution in [2.45, 2.75) is 32.1 Å². The molecule has 98 valence electrons. The number of likely N-dealkylation sites (N-methyl/N-ethyl adjacent to an activating group) is 1. The van der Waals surface area contributed by atoms with Crippen LogP contribution in [0, 0.1) is 0 Å². The van der Waals surface area contributed by atoms with E-state index in [1.807, 2.05) is 0 Å². The molecule has 2 rings (SSSR count). The van der Waals surface area contributed by atoms with Crippen LogP contribution in [0.25, 0.3) is 0 Å². The number of hydrogen-bond donors (Lipinski definition) is 1. The number of halogens is 2. The fraction of sp³-hybridized carbons (Fsp3) is 0.462. The second kappa shape index (κ2) is 5.18. The molecule has 0 saturated heterocycles. The molecule has 1 aliphatic rings. The van der Waals surface area contributed by atoms with Crippen LogP contribution in [0.3, 0.4) is 0 Å². The van der Waals surface area contributed by atoms with Crippen LogP contribution >= 0.6 is 11.3 Å². The summed E-state index contributed by atoms with van der Waals surface area (Å²) in [4.78, 5) is 12.3. The van der Waals surface area contributed by atoms with E-state index in [1.165, 1.54) is 0 Å². The summed E-state index contributed by atoms with van der Waals surface area (Å²) < 4.78 is 26.3. The van der Waals surface area contributed by atoms with Gasteiger partial charge in [-0.25, -0.2) is 8.78 Å². The highest BCUT2D eigenvalue weighted by Crippen LogP contribution is 2.47. The normalized spacial score (nSPS) is 16.2. The minimum atomic E-state index is -2.58. The van der Waals surface area contributed by atoms with Crippen molar-refractivity contribution in [3.8, 4) is 0 Å². The van der Waals surface area contributed by atoms with Crippen molar-refractivity contribution in [2.24, 2.45) is 0 Å². The lowest BCUT2D eigenvalue weighted by molar-refractivity contribution is 0.101. The van der Waals surface area contributed by atoms with Gasteiger partial charge in [-0.1, -0.05) is 6.08 Å². The zero-order chi connectivity index (χ0) is 13.3. The Hall–Kier alpha value is -1.23. The van der Waals surface area contributed by atoms with E-state index < -0.39 is 6.43 Å². The molecule has 1 aromatic heterocycles. The smallest absolute Gasteiger partial charge is 0.265 e. The van der Waals surface area contributed by atoms with Crippen LogP contribution in [0.4, 0.5) is 8.78 Å². The van der Waals surface area contributed by atoms with Crippen LogP contribution in [0.5, 0.6) is 0 Å². The number of ketones is 1. The second-order valence-electron chi connectivity index (χ2n) is 4.29. The predicted octanol–water partition coefficient (Wildman–Crippen LogP) is 3.87. The molecule has 0 radical (unpaired) electrons. The third kappa shape index (κ3) is 2.32. The van der Waals surface area contributed by atoms with Gasteiger partial charge in [0.25, 0.3) is 6.43 Å².